The number of benzene rings is 3. The van der Waals surface area contributed by atoms with Gasteiger partial charge in [-0.25, -0.2) is 4.98 Å². The molecule has 0 amide bonds. The predicted molar refractivity (Wildman–Crippen MR) is 186 cm³/mol. The van der Waals surface area contributed by atoms with Crippen molar-refractivity contribution in [2.45, 2.75) is 58.3 Å². The van der Waals surface area contributed by atoms with Crippen molar-refractivity contribution in [3.8, 4) is 28.7 Å². The molecule has 3 N–H and O–H groups in total. The normalized spacial score (nSPS) is 19.1. The van der Waals surface area contributed by atoms with Crippen LogP contribution in [-0.4, -0.2) is 34.5 Å². The van der Waals surface area contributed by atoms with Crippen molar-refractivity contribution in [3.63, 3.8) is 0 Å². The Kier molecular flexibility index (Phi) is 7.72. The molecule has 5 aromatic rings. The highest BCUT2D eigenvalue weighted by atomic mass is 16.3. The number of nitriles is 1. The quantitative estimate of drug-likeness (QED) is 0.170. The molecule has 8 heteroatoms. The van der Waals surface area contributed by atoms with Crippen LogP contribution in [0, 0.1) is 25.2 Å². The molecule has 2 aromatic heterocycles. The number of oxazole rings is 1. The van der Waals surface area contributed by atoms with Crippen molar-refractivity contribution in [3.05, 3.63) is 106 Å². The van der Waals surface area contributed by atoms with Crippen LogP contribution < -0.4 is 16.0 Å². The van der Waals surface area contributed by atoms with Crippen LogP contribution in [0.15, 0.2) is 71.4 Å². The van der Waals surface area contributed by atoms with Gasteiger partial charge in [0.25, 0.3) is 0 Å². The van der Waals surface area contributed by atoms with Crippen LogP contribution in [0.4, 0.5) is 5.69 Å². The van der Waals surface area contributed by atoms with Crippen LogP contribution in [0.5, 0.6) is 0 Å². The molecular weight excluding hydrogens is 582 g/mol. The summed E-state index contributed by atoms with van der Waals surface area (Å²) in [6, 6.07) is 21.7. The van der Waals surface area contributed by atoms with Gasteiger partial charge in [-0.2, -0.15) is 5.26 Å². The van der Waals surface area contributed by atoms with Gasteiger partial charge in [0.15, 0.2) is 5.58 Å². The summed E-state index contributed by atoms with van der Waals surface area (Å²) in [5.74, 6) is 0.536. The lowest BCUT2D eigenvalue weighted by molar-refractivity contribution is 0.331. The Morgan fingerprint density at radius 2 is 1.81 bits per heavy atom. The lowest BCUT2D eigenvalue weighted by Crippen LogP contribution is -2.28. The molecule has 3 aliphatic heterocycles. The molecule has 0 bridgehead atoms. The fourth-order valence-electron chi connectivity index (χ4n) is 7.44. The number of fused-ring (bicyclic) bond motifs is 2. The van der Waals surface area contributed by atoms with E-state index in [9.17, 15) is 5.26 Å². The molecule has 2 fully saturated rings. The molecule has 2 atom stereocenters. The average Bonchev–Trinajstić information content (AvgIpc) is 3.89. The third-order valence-corrected chi connectivity index (χ3v) is 10.00. The van der Waals surface area contributed by atoms with Crippen LogP contribution in [-0.2, 0) is 6.54 Å². The van der Waals surface area contributed by atoms with Crippen molar-refractivity contribution in [1.82, 2.24) is 25.5 Å². The standard InChI is InChI=1S/C39H39N7O/c1-24-30(8-5-10-32(24)39-45-35-19-26(23-46-16-3-4-17-46)18-28(21-40)37(35)47-39)31-9-6-11-33(25(31)2)44-38-36-27(13-15-42-38)20-29(22-43-36)34-12-7-14-41-34/h5-6,8-11,13,15,18-20,22,34,38,41-42,44H,3-4,7,12,14,16-17,23H2,1-2H3. The summed E-state index contributed by atoms with van der Waals surface area (Å²) in [6.07, 6.45) is 10.8. The maximum absolute atomic E-state index is 9.96. The van der Waals surface area contributed by atoms with Crippen LogP contribution >= 0.6 is 0 Å². The van der Waals surface area contributed by atoms with Crippen molar-refractivity contribution in [1.29, 1.82) is 5.26 Å². The molecule has 2 unspecified atom stereocenters. The number of hydrogen-bond donors (Lipinski definition) is 3. The maximum Gasteiger partial charge on any atom is 0.227 e. The van der Waals surface area contributed by atoms with Gasteiger partial charge in [0.05, 0.1) is 11.3 Å². The van der Waals surface area contributed by atoms with E-state index >= 15 is 0 Å². The summed E-state index contributed by atoms with van der Waals surface area (Å²) in [5, 5.41) is 20.7. The number of rotatable bonds is 7. The highest BCUT2D eigenvalue weighted by molar-refractivity contribution is 5.85. The van der Waals surface area contributed by atoms with Gasteiger partial charge in [-0.05, 0) is 135 Å². The molecular formula is C39H39N7O. The Morgan fingerprint density at radius 3 is 2.62 bits per heavy atom. The summed E-state index contributed by atoms with van der Waals surface area (Å²) in [6.45, 7) is 8.38. The highest BCUT2D eigenvalue weighted by Crippen LogP contribution is 2.38. The van der Waals surface area contributed by atoms with Gasteiger partial charge in [-0.15, -0.1) is 0 Å². The zero-order valence-electron chi connectivity index (χ0n) is 26.9. The van der Waals surface area contributed by atoms with E-state index in [0.29, 0.717) is 23.1 Å². The predicted octanol–water partition coefficient (Wildman–Crippen LogP) is 7.75. The molecule has 8 nitrogen and oxygen atoms in total. The fourth-order valence-corrected chi connectivity index (χ4v) is 7.44. The average molecular weight is 622 g/mol. The van der Waals surface area contributed by atoms with Crippen LogP contribution in [0.3, 0.4) is 0 Å². The van der Waals surface area contributed by atoms with E-state index in [0.717, 1.165) is 88.4 Å². The second-order valence-corrected chi connectivity index (χ2v) is 13.0. The smallest absolute Gasteiger partial charge is 0.227 e. The Labute approximate surface area is 275 Å². The number of anilines is 1. The van der Waals surface area contributed by atoms with E-state index in [1.165, 1.54) is 24.8 Å². The Hall–Kier alpha value is -4.97. The summed E-state index contributed by atoms with van der Waals surface area (Å²) in [4.78, 5) is 12.3. The molecule has 5 heterocycles. The maximum atomic E-state index is 9.96. The van der Waals surface area contributed by atoms with Gasteiger partial charge >= 0.3 is 0 Å². The minimum Gasteiger partial charge on any atom is -0.435 e. The van der Waals surface area contributed by atoms with E-state index in [1.807, 2.05) is 18.5 Å². The first-order valence-corrected chi connectivity index (χ1v) is 16.7. The molecule has 236 valence electrons. The zero-order valence-corrected chi connectivity index (χ0v) is 26.9. The summed E-state index contributed by atoms with van der Waals surface area (Å²) in [5.41, 5.74) is 12.8. The Bertz CT molecular complexity index is 2040. The van der Waals surface area contributed by atoms with E-state index in [-0.39, 0.29) is 6.17 Å². The molecule has 3 aromatic carbocycles. The van der Waals surface area contributed by atoms with E-state index in [2.05, 4.69) is 95.4 Å². The van der Waals surface area contributed by atoms with E-state index < -0.39 is 0 Å². The fraction of sp³-hybridized carbons (Fsp3) is 0.308. The first-order valence-electron chi connectivity index (χ1n) is 16.7. The molecule has 47 heavy (non-hydrogen) atoms. The minimum absolute atomic E-state index is 0.147. The highest BCUT2D eigenvalue weighted by Gasteiger charge is 2.24. The van der Waals surface area contributed by atoms with Crippen molar-refractivity contribution in [2.24, 2.45) is 0 Å². The second kappa shape index (κ2) is 12.3. The molecule has 0 radical (unpaired) electrons. The van der Waals surface area contributed by atoms with Crippen LogP contribution in [0.2, 0.25) is 0 Å². The molecule has 0 aliphatic carbocycles. The van der Waals surface area contributed by atoms with Gasteiger partial charge in [-0.3, -0.25) is 9.88 Å². The largest absolute Gasteiger partial charge is 0.435 e. The lowest BCUT2D eigenvalue weighted by Gasteiger charge is -2.27. The Morgan fingerprint density at radius 1 is 1.00 bits per heavy atom. The Balaban J connectivity index is 1.09. The third kappa shape index (κ3) is 5.56. The third-order valence-electron chi connectivity index (χ3n) is 10.00. The molecule has 3 aliphatic rings. The van der Waals surface area contributed by atoms with Gasteiger partial charge in [-0.1, -0.05) is 24.3 Å². The summed E-state index contributed by atoms with van der Waals surface area (Å²) < 4.78 is 6.32. The molecule has 0 spiro atoms. The number of nitrogens with zero attached hydrogens (tertiary/aromatic N) is 4. The topological polar surface area (TPSA) is 102 Å². The van der Waals surface area contributed by atoms with Crippen LogP contribution in [0.25, 0.3) is 39.8 Å². The number of hydrogen-bond acceptors (Lipinski definition) is 8. The molecule has 8 rings (SSSR count). The second-order valence-electron chi connectivity index (χ2n) is 13.0. The monoisotopic (exact) mass is 621 g/mol. The minimum atomic E-state index is -0.147. The van der Waals surface area contributed by atoms with Gasteiger partial charge in [0.1, 0.15) is 17.8 Å². The van der Waals surface area contributed by atoms with Crippen molar-refractivity contribution < 1.29 is 4.42 Å². The van der Waals surface area contributed by atoms with E-state index in [1.54, 1.807) is 0 Å². The summed E-state index contributed by atoms with van der Waals surface area (Å²) in [7, 11) is 0. The van der Waals surface area contributed by atoms with Crippen LogP contribution in [0.1, 0.15) is 77.0 Å². The first-order chi connectivity index (χ1) is 23.1. The first kappa shape index (κ1) is 29.4. The van der Waals surface area contributed by atoms with Gasteiger partial charge in [0, 0.05) is 35.6 Å². The molecule has 0 saturated carbocycles. The lowest BCUT2D eigenvalue weighted by atomic mass is 9.92. The van der Waals surface area contributed by atoms with Crippen molar-refractivity contribution >= 4 is 22.9 Å². The van der Waals surface area contributed by atoms with Crippen molar-refractivity contribution in [2.75, 3.05) is 25.0 Å². The number of nitrogens with one attached hydrogen (secondary N) is 3. The SMILES string of the molecule is Cc1c(NC2NC=Cc3cc(C4CCCN4)cnc32)cccc1-c1cccc(-c2nc3cc(CN4CCCC4)cc(C#N)c3o2)c1C. The van der Waals surface area contributed by atoms with E-state index in [4.69, 9.17) is 14.4 Å². The number of pyridine rings is 1. The zero-order chi connectivity index (χ0) is 31.9. The number of likely N-dealkylation sites (tertiary alicyclic amines) is 1. The summed E-state index contributed by atoms with van der Waals surface area (Å²) >= 11 is 0. The number of aromatic nitrogens is 2. The molecule has 2 saturated heterocycles. The van der Waals surface area contributed by atoms with Gasteiger partial charge in [0.2, 0.25) is 5.89 Å². The van der Waals surface area contributed by atoms with Gasteiger partial charge < -0.3 is 20.4 Å².